The molecule has 2 aromatic rings. The molecule has 5 heteroatoms. The average Bonchev–Trinajstić information content (AvgIpc) is 3.22. The van der Waals surface area contributed by atoms with Crippen LogP contribution in [0.15, 0.2) is 54.6 Å². The largest absolute Gasteiger partial charge is 0.497 e. The molecular formula is C23H29N3O2. The lowest BCUT2D eigenvalue weighted by molar-refractivity contribution is -0.133. The second-order valence-corrected chi connectivity index (χ2v) is 7.61. The number of hydrogen-bond acceptors (Lipinski definition) is 4. The van der Waals surface area contributed by atoms with E-state index in [9.17, 15) is 4.79 Å². The highest BCUT2D eigenvalue weighted by Crippen LogP contribution is 2.32. The van der Waals surface area contributed by atoms with E-state index in [1.54, 1.807) is 7.11 Å². The summed E-state index contributed by atoms with van der Waals surface area (Å²) in [6.45, 7) is 4.91. The summed E-state index contributed by atoms with van der Waals surface area (Å²) in [7, 11) is 1.69. The summed E-state index contributed by atoms with van der Waals surface area (Å²) in [5, 5.41) is 0. The Morgan fingerprint density at radius 1 is 0.964 bits per heavy atom. The lowest BCUT2D eigenvalue weighted by atomic mass is 10.0. The number of hydrogen-bond donors (Lipinski definition) is 0. The summed E-state index contributed by atoms with van der Waals surface area (Å²) in [5.74, 6) is 1.13. The molecule has 0 aromatic heterocycles. The molecule has 0 radical (unpaired) electrons. The predicted molar refractivity (Wildman–Crippen MR) is 112 cm³/mol. The number of para-hydroxylation sites is 1. The molecule has 2 aliphatic rings. The summed E-state index contributed by atoms with van der Waals surface area (Å²) in [5.41, 5.74) is 2.52. The number of piperazine rings is 1. The quantitative estimate of drug-likeness (QED) is 0.799. The topological polar surface area (TPSA) is 36.0 Å². The van der Waals surface area contributed by atoms with Crippen LogP contribution in [0.2, 0.25) is 0 Å². The molecule has 1 amide bonds. The van der Waals surface area contributed by atoms with E-state index in [4.69, 9.17) is 4.74 Å². The molecule has 0 bridgehead atoms. The van der Waals surface area contributed by atoms with Gasteiger partial charge in [0.15, 0.2) is 0 Å². The van der Waals surface area contributed by atoms with E-state index in [1.807, 2.05) is 23.1 Å². The van der Waals surface area contributed by atoms with Crippen molar-refractivity contribution in [2.45, 2.75) is 18.9 Å². The molecule has 28 heavy (non-hydrogen) atoms. The Bertz CT molecular complexity index is 770. The zero-order valence-electron chi connectivity index (χ0n) is 16.6. The molecule has 2 saturated heterocycles. The second-order valence-electron chi connectivity index (χ2n) is 7.61. The maximum absolute atomic E-state index is 12.9. The molecule has 5 nitrogen and oxygen atoms in total. The first-order chi connectivity index (χ1) is 13.7. The summed E-state index contributed by atoms with van der Waals surface area (Å²) < 4.78 is 5.26. The van der Waals surface area contributed by atoms with Crippen LogP contribution in [-0.4, -0.2) is 62.1 Å². The Morgan fingerprint density at radius 3 is 2.36 bits per heavy atom. The molecule has 4 rings (SSSR count). The van der Waals surface area contributed by atoms with Crippen LogP contribution >= 0.6 is 0 Å². The molecular weight excluding hydrogens is 350 g/mol. The van der Waals surface area contributed by atoms with Crippen molar-refractivity contribution in [1.82, 2.24) is 9.80 Å². The molecule has 2 aromatic carbocycles. The van der Waals surface area contributed by atoms with Crippen molar-refractivity contribution in [3.8, 4) is 5.75 Å². The number of nitrogens with zero attached hydrogens (tertiary/aromatic N) is 3. The Morgan fingerprint density at radius 2 is 1.68 bits per heavy atom. The molecule has 1 unspecified atom stereocenters. The van der Waals surface area contributed by atoms with Gasteiger partial charge in [0.25, 0.3) is 0 Å². The Hall–Kier alpha value is -2.53. The Labute approximate surface area is 167 Å². The molecule has 1 atom stereocenters. The van der Waals surface area contributed by atoms with Crippen molar-refractivity contribution >= 4 is 11.6 Å². The number of ether oxygens (including phenoxy) is 1. The third-order valence-corrected chi connectivity index (χ3v) is 5.96. The summed E-state index contributed by atoms with van der Waals surface area (Å²) in [4.78, 5) is 19.7. The van der Waals surface area contributed by atoms with Gasteiger partial charge in [-0.25, -0.2) is 0 Å². The average molecular weight is 380 g/mol. The van der Waals surface area contributed by atoms with Crippen LogP contribution in [0.3, 0.4) is 0 Å². The zero-order chi connectivity index (χ0) is 19.3. The lowest BCUT2D eigenvalue weighted by Gasteiger charge is -2.37. The van der Waals surface area contributed by atoms with Gasteiger partial charge in [-0.15, -0.1) is 0 Å². The van der Waals surface area contributed by atoms with Crippen molar-refractivity contribution in [3.63, 3.8) is 0 Å². The van der Waals surface area contributed by atoms with Crippen LogP contribution in [0.1, 0.15) is 24.4 Å². The minimum Gasteiger partial charge on any atom is -0.497 e. The summed E-state index contributed by atoms with van der Waals surface area (Å²) >= 11 is 0. The van der Waals surface area contributed by atoms with Crippen molar-refractivity contribution in [1.29, 1.82) is 0 Å². The SMILES string of the molecule is COc1ccc(C2CCCN2CC(=O)N2CCN(c3ccccc3)CC2)cc1. The van der Waals surface area contributed by atoms with Crippen molar-refractivity contribution in [2.24, 2.45) is 0 Å². The number of methoxy groups -OCH3 is 1. The molecule has 0 aliphatic carbocycles. The smallest absolute Gasteiger partial charge is 0.236 e. The van der Waals surface area contributed by atoms with E-state index >= 15 is 0 Å². The number of carbonyl (C=O) groups excluding carboxylic acids is 1. The van der Waals surface area contributed by atoms with Gasteiger partial charge in [-0.05, 0) is 49.2 Å². The van der Waals surface area contributed by atoms with Crippen LogP contribution in [0.5, 0.6) is 5.75 Å². The van der Waals surface area contributed by atoms with Crippen LogP contribution in [0.25, 0.3) is 0 Å². The molecule has 2 heterocycles. The van der Waals surface area contributed by atoms with Crippen LogP contribution < -0.4 is 9.64 Å². The van der Waals surface area contributed by atoms with Crippen molar-refractivity contribution < 1.29 is 9.53 Å². The fourth-order valence-electron chi connectivity index (χ4n) is 4.35. The maximum atomic E-state index is 12.9. The highest BCUT2D eigenvalue weighted by molar-refractivity contribution is 5.78. The van der Waals surface area contributed by atoms with E-state index in [-0.39, 0.29) is 5.91 Å². The van der Waals surface area contributed by atoms with Crippen LogP contribution in [0, 0.1) is 0 Å². The molecule has 2 fully saturated rings. The van der Waals surface area contributed by atoms with Crippen molar-refractivity contribution in [3.05, 3.63) is 60.2 Å². The van der Waals surface area contributed by atoms with E-state index < -0.39 is 0 Å². The number of benzene rings is 2. The number of rotatable bonds is 5. The predicted octanol–water partition coefficient (Wildman–Crippen LogP) is 3.18. The van der Waals surface area contributed by atoms with Gasteiger partial charge in [0.1, 0.15) is 5.75 Å². The van der Waals surface area contributed by atoms with Gasteiger partial charge in [0, 0.05) is 37.9 Å². The number of amides is 1. The third kappa shape index (κ3) is 4.14. The van der Waals surface area contributed by atoms with Gasteiger partial charge in [0.2, 0.25) is 5.91 Å². The van der Waals surface area contributed by atoms with E-state index in [1.165, 1.54) is 11.3 Å². The lowest BCUT2D eigenvalue weighted by Crippen LogP contribution is -2.51. The van der Waals surface area contributed by atoms with Gasteiger partial charge in [-0.2, -0.15) is 0 Å². The van der Waals surface area contributed by atoms with E-state index in [0.717, 1.165) is 51.3 Å². The van der Waals surface area contributed by atoms with E-state index in [2.05, 4.69) is 46.2 Å². The first-order valence-electron chi connectivity index (χ1n) is 10.2. The molecule has 0 saturated carbocycles. The minimum atomic E-state index is 0.258. The highest BCUT2D eigenvalue weighted by Gasteiger charge is 2.30. The normalized spacial score (nSPS) is 20.4. The first kappa shape index (κ1) is 18.8. The molecule has 2 aliphatic heterocycles. The molecule has 0 N–H and O–H groups in total. The standard InChI is InChI=1S/C23H29N3O2/c1-28-21-11-9-19(10-12-21)22-8-5-13-26(22)18-23(27)25-16-14-24(15-17-25)20-6-3-2-4-7-20/h2-4,6-7,9-12,22H,5,8,13-18H2,1H3. The highest BCUT2D eigenvalue weighted by atomic mass is 16.5. The maximum Gasteiger partial charge on any atom is 0.236 e. The third-order valence-electron chi connectivity index (χ3n) is 5.96. The van der Waals surface area contributed by atoms with Crippen LogP contribution in [-0.2, 0) is 4.79 Å². The Kier molecular flexibility index (Phi) is 5.81. The van der Waals surface area contributed by atoms with Crippen LogP contribution in [0.4, 0.5) is 5.69 Å². The van der Waals surface area contributed by atoms with Gasteiger partial charge >= 0.3 is 0 Å². The molecule has 148 valence electrons. The Balaban J connectivity index is 1.33. The number of anilines is 1. The van der Waals surface area contributed by atoms with E-state index in [0.29, 0.717) is 12.6 Å². The summed E-state index contributed by atoms with van der Waals surface area (Å²) in [6, 6.07) is 19.1. The number of likely N-dealkylation sites (tertiary alicyclic amines) is 1. The zero-order valence-corrected chi connectivity index (χ0v) is 16.6. The second kappa shape index (κ2) is 8.65. The monoisotopic (exact) mass is 379 g/mol. The fraction of sp³-hybridized carbons (Fsp3) is 0.435. The first-order valence-corrected chi connectivity index (χ1v) is 10.2. The van der Waals surface area contributed by atoms with Gasteiger partial charge in [0.05, 0.1) is 13.7 Å². The molecule has 0 spiro atoms. The minimum absolute atomic E-state index is 0.258. The summed E-state index contributed by atoms with van der Waals surface area (Å²) in [6.07, 6.45) is 2.26. The number of carbonyl (C=O) groups is 1. The van der Waals surface area contributed by atoms with Gasteiger partial charge < -0.3 is 14.5 Å². The van der Waals surface area contributed by atoms with Gasteiger partial charge in [-0.1, -0.05) is 30.3 Å². The van der Waals surface area contributed by atoms with Crippen molar-refractivity contribution in [2.75, 3.05) is 51.3 Å². The fourth-order valence-corrected chi connectivity index (χ4v) is 4.35. The van der Waals surface area contributed by atoms with Gasteiger partial charge in [-0.3, -0.25) is 9.69 Å².